The van der Waals surface area contributed by atoms with Gasteiger partial charge in [-0.15, -0.1) is 24.8 Å². The highest BCUT2D eigenvalue weighted by atomic mass is 35.5. The predicted octanol–water partition coefficient (Wildman–Crippen LogP) is 2.56. The molecule has 0 amide bonds. The highest BCUT2D eigenvalue weighted by Gasteiger charge is 2.01. The average molecular weight is 295 g/mol. The smallest absolute Gasteiger partial charge is 0.303 e. The molecule has 2 N–H and O–H groups in total. The number of benzene rings is 1. The van der Waals surface area contributed by atoms with Crippen LogP contribution in [0.3, 0.4) is 0 Å². The summed E-state index contributed by atoms with van der Waals surface area (Å²) in [5.74, 6) is -1.62. The van der Waals surface area contributed by atoms with Crippen LogP contribution in [-0.4, -0.2) is 22.2 Å². The van der Waals surface area contributed by atoms with Crippen molar-refractivity contribution in [1.82, 2.24) is 0 Å². The second-order valence-corrected chi connectivity index (χ2v) is 3.60. The standard InChI is InChI=1S/C12H14O4.2ClH/c13-11(14)7-5-9-1-2-10(4-3-9)6-8-12(15)16;;/h1-4H,5-8H2,(H,13,14)(H,15,16);2*1H. The van der Waals surface area contributed by atoms with Crippen LogP contribution in [0.2, 0.25) is 0 Å². The Morgan fingerprint density at radius 3 is 1.28 bits per heavy atom. The summed E-state index contributed by atoms with van der Waals surface area (Å²) in [7, 11) is 0. The van der Waals surface area contributed by atoms with Crippen molar-refractivity contribution in [1.29, 1.82) is 0 Å². The lowest BCUT2D eigenvalue weighted by Crippen LogP contribution is -1.99. The Morgan fingerprint density at radius 2 is 1.06 bits per heavy atom. The van der Waals surface area contributed by atoms with E-state index >= 15 is 0 Å². The molecular weight excluding hydrogens is 279 g/mol. The Kier molecular flexibility index (Phi) is 10.3. The van der Waals surface area contributed by atoms with Crippen LogP contribution in [0.4, 0.5) is 0 Å². The van der Waals surface area contributed by atoms with Crippen molar-refractivity contribution in [3.8, 4) is 0 Å². The van der Waals surface area contributed by atoms with Gasteiger partial charge in [-0.1, -0.05) is 24.3 Å². The molecule has 102 valence electrons. The van der Waals surface area contributed by atoms with E-state index in [4.69, 9.17) is 10.2 Å². The second kappa shape index (κ2) is 9.74. The molecule has 0 atom stereocenters. The molecule has 0 aromatic heterocycles. The Balaban J connectivity index is 0. The van der Waals surface area contributed by atoms with Gasteiger partial charge in [0.05, 0.1) is 0 Å². The normalized spacial score (nSPS) is 8.89. The lowest BCUT2D eigenvalue weighted by molar-refractivity contribution is -0.138. The minimum atomic E-state index is -0.810. The lowest BCUT2D eigenvalue weighted by atomic mass is 10.0. The molecule has 4 nitrogen and oxygen atoms in total. The van der Waals surface area contributed by atoms with Crippen molar-refractivity contribution >= 4 is 36.8 Å². The van der Waals surface area contributed by atoms with Gasteiger partial charge < -0.3 is 10.2 Å². The predicted molar refractivity (Wildman–Crippen MR) is 72.9 cm³/mol. The molecule has 0 saturated heterocycles. The maximum absolute atomic E-state index is 10.4. The third-order valence-corrected chi connectivity index (χ3v) is 2.28. The molecule has 1 rings (SSSR count). The fourth-order valence-corrected chi connectivity index (χ4v) is 1.38. The highest BCUT2D eigenvalue weighted by molar-refractivity contribution is 5.85. The van der Waals surface area contributed by atoms with Crippen LogP contribution in [0.15, 0.2) is 24.3 Å². The van der Waals surface area contributed by atoms with E-state index in [0.29, 0.717) is 12.8 Å². The Labute approximate surface area is 118 Å². The highest BCUT2D eigenvalue weighted by Crippen LogP contribution is 2.08. The first-order valence-electron chi connectivity index (χ1n) is 5.09. The third kappa shape index (κ3) is 7.92. The molecule has 0 aliphatic rings. The Morgan fingerprint density at radius 1 is 0.778 bits per heavy atom. The topological polar surface area (TPSA) is 74.6 Å². The van der Waals surface area contributed by atoms with E-state index in [-0.39, 0.29) is 37.7 Å². The summed E-state index contributed by atoms with van der Waals surface area (Å²) in [4.78, 5) is 20.7. The SMILES string of the molecule is Cl.Cl.O=C(O)CCc1ccc(CCC(=O)O)cc1. The molecule has 18 heavy (non-hydrogen) atoms. The summed E-state index contributed by atoms with van der Waals surface area (Å²) in [6.45, 7) is 0. The van der Waals surface area contributed by atoms with Crippen LogP contribution >= 0.6 is 24.8 Å². The van der Waals surface area contributed by atoms with Gasteiger partial charge in [-0.2, -0.15) is 0 Å². The van der Waals surface area contributed by atoms with E-state index < -0.39 is 11.9 Å². The number of halogens is 2. The molecular formula is C12H16Cl2O4. The van der Waals surface area contributed by atoms with E-state index in [0.717, 1.165) is 11.1 Å². The summed E-state index contributed by atoms with van der Waals surface area (Å²) in [6, 6.07) is 7.39. The first-order valence-corrected chi connectivity index (χ1v) is 5.09. The molecule has 0 aliphatic heterocycles. The fourth-order valence-electron chi connectivity index (χ4n) is 1.38. The molecule has 0 fully saturated rings. The zero-order valence-corrected chi connectivity index (χ0v) is 11.3. The molecule has 0 radical (unpaired) electrons. The monoisotopic (exact) mass is 294 g/mol. The number of aryl methyl sites for hydroxylation is 2. The summed E-state index contributed by atoms with van der Waals surface area (Å²) >= 11 is 0. The van der Waals surface area contributed by atoms with E-state index in [9.17, 15) is 9.59 Å². The van der Waals surface area contributed by atoms with E-state index in [1.165, 1.54) is 0 Å². The largest absolute Gasteiger partial charge is 0.481 e. The van der Waals surface area contributed by atoms with Gasteiger partial charge >= 0.3 is 11.9 Å². The van der Waals surface area contributed by atoms with Gasteiger partial charge in [0.2, 0.25) is 0 Å². The van der Waals surface area contributed by atoms with Gasteiger partial charge in [0.25, 0.3) is 0 Å². The quantitative estimate of drug-likeness (QED) is 0.845. The van der Waals surface area contributed by atoms with Crippen molar-refractivity contribution in [2.45, 2.75) is 25.7 Å². The average Bonchev–Trinajstić information content (AvgIpc) is 2.25. The maximum atomic E-state index is 10.4. The molecule has 1 aromatic carbocycles. The third-order valence-electron chi connectivity index (χ3n) is 2.28. The molecule has 0 unspecified atom stereocenters. The molecule has 0 saturated carbocycles. The van der Waals surface area contributed by atoms with Gasteiger partial charge in [0.1, 0.15) is 0 Å². The summed E-state index contributed by atoms with van der Waals surface area (Å²) in [6.07, 6.45) is 1.26. The fraction of sp³-hybridized carbons (Fsp3) is 0.333. The van der Waals surface area contributed by atoms with Crippen molar-refractivity contribution < 1.29 is 19.8 Å². The van der Waals surface area contributed by atoms with Gasteiger partial charge in [-0.25, -0.2) is 0 Å². The van der Waals surface area contributed by atoms with E-state index in [1.54, 1.807) is 0 Å². The molecule has 0 bridgehead atoms. The number of carboxylic acid groups (broad SMARTS) is 2. The molecule has 0 aliphatic carbocycles. The number of hydrogen-bond donors (Lipinski definition) is 2. The number of hydrogen-bond acceptors (Lipinski definition) is 2. The van der Waals surface area contributed by atoms with Crippen LogP contribution in [0, 0.1) is 0 Å². The lowest BCUT2D eigenvalue weighted by Gasteiger charge is -2.01. The van der Waals surface area contributed by atoms with Crippen LogP contribution in [0.5, 0.6) is 0 Å². The number of carboxylic acids is 2. The summed E-state index contributed by atoms with van der Waals surface area (Å²) in [5, 5.41) is 17.0. The van der Waals surface area contributed by atoms with Crippen molar-refractivity contribution in [2.24, 2.45) is 0 Å². The Hall–Kier alpha value is -1.26. The minimum absolute atomic E-state index is 0. The molecule has 6 heteroatoms. The van der Waals surface area contributed by atoms with Gasteiger partial charge in [-0.3, -0.25) is 9.59 Å². The molecule has 0 heterocycles. The zero-order chi connectivity index (χ0) is 12.0. The van der Waals surface area contributed by atoms with E-state index in [2.05, 4.69) is 0 Å². The van der Waals surface area contributed by atoms with Gasteiger partial charge in [0.15, 0.2) is 0 Å². The van der Waals surface area contributed by atoms with Crippen molar-refractivity contribution in [2.75, 3.05) is 0 Å². The van der Waals surface area contributed by atoms with Gasteiger partial charge in [-0.05, 0) is 24.0 Å². The van der Waals surface area contributed by atoms with E-state index in [1.807, 2.05) is 24.3 Å². The van der Waals surface area contributed by atoms with Crippen LogP contribution in [-0.2, 0) is 22.4 Å². The number of rotatable bonds is 6. The van der Waals surface area contributed by atoms with Crippen LogP contribution in [0.25, 0.3) is 0 Å². The van der Waals surface area contributed by atoms with Gasteiger partial charge in [0, 0.05) is 12.8 Å². The maximum Gasteiger partial charge on any atom is 0.303 e. The minimum Gasteiger partial charge on any atom is -0.481 e. The zero-order valence-electron chi connectivity index (χ0n) is 9.67. The Bertz CT molecular complexity index is 339. The van der Waals surface area contributed by atoms with Crippen molar-refractivity contribution in [3.63, 3.8) is 0 Å². The first-order chi connectivity index (χ1) is 7.58. The summed E-state index contributed by atoms with van der Waals surface area (Å²) < 4.78 is 0. The number of carbonyl (C=O) groups is 2. The summed E-state index contributed by atoms with van der Waals surface area (Å²) in [5.41, 5.74) is 1.92. The van der Waals surface area contributed by atoms with Crippen molar-refractivity contribution in [3.05, 3.63) is 35.4 Å². The molecule has 0 spiro atoms. The molecule has 1 aromatic rings. The van der Waals surface area contributed by atoms with Crippen LogP contribution in [0.1, 0.15) is 24.0 Å². The van der Waals surface area contributed by atoms with Crippen LogP contribution < -0.4 is 0 Å². The second-order valence-electron chi connectivity index (χ2n) is 3.60. The first kappa shape index (κ1) is 19.1. The number of aliphatic carboxylic acids is 2.